The largest absolute Gasteiger partial charge is 0.508 e. The van der Waals surface area contributed by atoms with E-state index in [-0.39, 0.29) is 12.4 Å². The summed E-state index contributed by atoms with van der Waals surface area (Å²) in [6.45, 7) is 3.62. The molecule has 3 N–H and O–H groups in total. The highest BCUT2D eigenvalue weighted by Gasteiger charge is 2.15. The fraction of sp³-hybridized carbons (Fsp3) is 0.500. The fourth-order valence-electron chi connectivity index (χ4n) is 4.75. The summed E-state index contributed by atoms with van der Waals surface area (Å²) in [7, 11) is 0. The topological polar surface area (TPSA) is 73.2 Å². The maximum atomic E-state index is 10.9. The molecule has 0 aliphatic heterocycles. The van der Waals surface area contributed by atoms with Crippen molar-refractivity contribution in [2.75, 3.05) is 26.3 Å². The number of benzene rings is 2. The number of hydrogen-bond donors (Lipinski definition) is 3. The summed E-state index contributed by atoms with van der Waals surface area (Å²) >= 11 is 0. The Balaban J connectivity index is 1.33. The third-order valence-electron chi connectivity index (χ3n) is 6.93. The van der Waals surface area contributed by atoms with Gasteiger partial charge in [0.1, 0.15) is 5.75 Å². The van der Waals surface area contributed by atoms with Gasteiger partial charge in [-0.05, 0) is 74.8 Å². The smallest absolute Gasteiger partial charge is 0.121 e. The molecule has 1 aliphatic carbocycles. The molecule has 0 saturated carbocycles. The summed E-state index contributed by atoms with van der Waals surface area (Å²) in [5.41, 5.74) is 3.86. The van der Waals surface area contributed by atoms with Crippen molar-refractivity contribution in [3.05, 3.63) is 89.0 Å². The van der Waals surface area contributed by atoms with E-state index in [0.717, 1.165) is 58.4 Å². The second-order valence-corrected chi connectivity index (χ2v) is 10.0. The lowest BCUT2D eigenvalue weighted by atomic mass is 10.0. The SMILES string of the molecule is OCc1cc(C(O)CN(CCCCCCOCCCCC2=CCCC=C2)Cc2ccccc2)ccc1O. The number of hydrogen-bond acceptors (Lipinski definition) is 5. The molecular formula is C32H45NO4. The van der Waals surface area contributed by atoms with E-state index in [1.807, 2.05) is 18.2 Å². The quantitative estimate of drug-likeness (QED) is 0.202. The number of aliphatic hydroxyl groups excluding tert-OH is 2. The van der Waals surface area contributed by atoms with Crippen molar-refractivity contribution in [2.45, 2.75) is 77.0 Å². The van der Waals surface area contributed by atoms with Crippen molar-refractivity contribution in [3.8, 4) is 5.75 Å². The lowest BCUT2D eigenvalue weighted by Crippen LogP contribution is -2.29. The van der Waals surface area contributed by atoms with Gasteiger partial charge in [0.15, 0.2) is 0 Å². The molecule has 2 aromatic carbocycles. The van der Waals surface area contributed by atoms with Crippen molar-refractivity contribution in [3.63, 3.8) is 0 Å². The molecule has 0 amide bonds. The Morgan fingerprint density at radius 1 is 0.892 bits per heavy atom. The molecule has 0 bridgehead atoms. The highest BCUT2D eigenvalue weighted by atomic mass is 16.5. The van der Waals surface area contributed by atoms with Crippen molar-refractivity contribution < 1.29 is 20.1 Å². The van der Waals surface area contributed by atoms with Gasteiger partial charge in [0.25, 0.3) is 0 Å². The number of allylic oxidation sites excluding steroid dienone is 4. The van der Waals surface area contributed by atoms with E-state index >= 15 is 0 Å². The number of aromatic hydroxyl groups is 1. The monoisotopic (exact) mass is 507 g/mol. The van der Waals surface area contributed by atoms with Crippen LogP contribution in [0.5, 0.6) is 5.75 Å². The number of ether oxygens (including phenoxy) is 1. The molecule has 0 spiro atoms. The van der Waals surface area contributed by atoms with Gasteiger partial charge in [-0.25, -0.2) is 0 Å². The predicted molar refractivity (Wildman–Crippen MR) is 150 cm³/mol. The first kappa shape index (κ1) is 29.1. The van der Waals surface area contributed by atoms with E-state index in [4.69, 9.17) is 4.74 Å². The van der Waals surface area contributed by atoms with E-state index in [1.54, 1.807) is 18.2 Å². The van der Waals surface area contributed by atoms with Gasteiger partial charge < -0.3 is 20.1 Å². The van der Waals surface area contributed by atoms with E-state index in [1.165, 1.54) is 36.8 Å². The van der Waals surface area contributed by atoms with Crippen LogP contribution < -0.4 is 0 Å². The van der Waals surface area contributed by atoms with Crippen LogP contribution in [0.25, 0.3) is 0 Å². The Morgan fingerprint density at radius 3 is 2.43 bits per heavy atom. The summed E-state index contributed by atoms with van der Waals surface area (Å²) < 4.78 is 5.84. The number of unbranched alkanes of at least 4 members (excludes halogenated alkanes) is 4. The number of rotatable bonds is 18. The lowest BCUT2D eigenvalue weighted by molar-refractivity contribution is 0.106. The molecule has 0 heterocycles. The van der Waals surface area contributed by atoms with Gasteiger partial charge in [-0.2, -0.15) is 0 Å². The Morgan fingerprint density at radius 2 is 1.68 bits per heavy atom. The maximum Gasteiger partial charge on any atom is 0.121 e. The van der Waals surface area contributed by atoms with E-state index in [0.29, 0.717) is 17.7 Å². The van der Waals surface area contributed by atoms with Crippen LogP contribution in [0.15, 0.2) is 72.3 Å². The minimum atomic E-state index is -0.687. The molecule has 5 nitrogen and oxygen atoms in total. The molecule has 0 radical (unpaired) electrons. The summed E-state index contributed by atoms with van der Waals surface area (Å²) in [4.78, 5) is 2.29. The molecule has 1 aliphatic rings. The van der Waals surface area contributed by atoms with Gasteiger partial charge in [-0.1, -0.05) is 73.0 Å². The highest BCUT2D eigenvalue weighted by molar-refractivity contribution is 5.36. The van der Waals surface area contributed by atoms with Gasteiger partial charge in [0.2, 0.25) is 0 Å². The average Bonchev–Trinajstić information content (AvgIpc) is 2.93. The van der Waals surface area contributed by atoms with Crippen LogP contribution >= 0.6 is 0 Å². The lowest BCUT2D eigenvalue weighted by Gasteiger charge is -2.26. The minimum Gasteiger partial charge on any atom is -0.508 e. The van der Waals surface area contributed by atoms with E-state index in [2.05, 4.69) is 35.3 Å². The second kappa shape index (κ2) is 17.1. The van der Waals surface area contributed by atoms with Crippen molar-refractivity contribution in [2.24, 2.45) is 0 Å². The molecule has 0 aromatic heterocycles. The van der Waals surface area contributed by atoms with Crippen LogP contribution in [0.2, 0.25) is 0 Å². The Labute approximate surface area is 223 Å². The highest BCUT2D eigenvalue weighted by Crippen LogP contribution is 2.24. The number of phenols is 1. The first-order chi connectivity index (χ1) is 18.2. The molecule has 2 aromatic rings. The van der Waals surface area contributed by atoms with Gasteiger partial charge in [-0.3, -0.25) is 4.90 Å². The number of nitrogens with zero attached hydrogens (tertiary/aromatic N) is 1. The molecule has 202 valence electrons. The van der Waals surface area contributed by atoms with E-state index < -0.39 is 6.10 Å². The van der Waals surface area contributed by atoms with Gasteiger partial charge in [0, 0.05) is 31.9 Å². The molecule has 1 atom stereocenters. The van der Waals surface area contributed by atoms with Crippen LogP contribution in [-0.4, -0.2) is 46.5 Å². The Kier molecular flexibility index (Phi) is 13.5. The molecule has 0 saturated heterocycles. The van der Waals surface area contributed by atoms with Gasteiger partial charge in [0.05, 0.1) is 12.7 Å². The maximum absolute atomic E-state index is 10.9. The van der Waals surface area contributed by atoms with Crippen LogP contribution in [0.1, 0.15) is 80.6 Å². The summed E-state index contributed by atoms with van der Waals surface area (Å²) in [6, 6.07) is 15.3. The molecule has 1 unspecified atom stereocenters. The first-order valence-corrected chi connectivity index (χ1v) is 14.0. The van der Waals surface area contributed by atoms with Crippen molar-refractivity contribution >= 4 is 0 Å². The van der Waals surface area contributed by atoms with Crippen molar-refractivity contribution in [1.82, 2.24) is 4.90 Å². The Hall–Kier alpha value is -2.44. The summed E-state index contributed by atoms with van der Waals surface area (Å²) in [5, 5.41) is 30.2. The van der Waals surface area contributed by atoms with E-state index in [9.17, 15) is 15.3 Å². The first-order valence-electron chi connectivity index (χ1n) is 14.0. The van der Waals surface area contributed by atoms with Gasteiger partial charge in [-0.15, -0.1) is 0 Å². The van der Waals surface area contributed by atoms with Crippen LogP contribution in [0.3, 0.4) is 0 Å². The standard InChI is InChI=1S/C32H45NO4/c34-26-30-23-29(18-19-31(30)35)32(36)25-33(24-28-16-7-4-8-17-28)20-10-1-2-11-21-37-22-12-9-15-27-13-5-3-6-14-27/h4-5,7-8,13-14,16-19,23,32,34-36H,1-3,6,9-12,15,20-22,24-26H2. The minimum absolute atomic E-state index is 0.0538. The van der Waals surface area contributed by atoms with Crippen molar-refractivity contribution in [1.29, 1.82) is 0 Å². The Bertz CT molecular complexity index is 957. The van der Waals surface area contributed by atoms with Crippen LogP contribution in [0.4, 0.5) is 0 Å². The molecular weight excluding hydrogens is 462 g/mol. The van der Waals surface area contributed by atoms with Gasteiger partial charge >= 0.3 is 0 Å². The zero-order valence-electron chi connectivity index (χ0n) is 22.2. The van der Waals surface area contributed by atoms with Crippen LogP contribution in [-0.2, 0) is 17.9 Å². The third-order valence-corrected chi connectivity index (χ3v) is 6.93. The molecule has 0 fully saturated rings. The molecule has 5 heteroatoms. The van der Waals surface area contributed by atoms with Crippen LogP contribution in [0, 0.1) is 0 Å². The zero-order valence-corrected chi connectivity index (χ0v) is 22.2. The molecule has 3 rings (SSSR count). The predicted octanol–water partition coefficient (Wildman–Crippen LogP) is 6.44. The number of aliphatic hydroxyl groups is 2. The fourth-order valence-corrected chi connectivity index (χ4v) is 4.75. The summed E-state index contributed by atoms with van der Waals surface area (Å²) in [5.74, 6) is 0.0538. The zero-order chi connectivity index (χ0) is 26.1. The third kappa shape index (κ3) is 11.2. The summed E-state index contributed by atoms with van der Waals surface area (Å²) in [6.07, 6.45) is 16.5. The second-order valence-electron chi connectivity index (χ2n) is 10.0. The molecule has 37 heavy (non-hydrogen) atoms. The average molecular weight is 508 g/mol. The normalized spacial score (nSPS) is 14.2.